The molecule has 1 aliphatic heterocycles. The Labute approximate surface area is 193 Å². The number of hydrogen-bond acceptors (Lipinski definition) is 6. The number of amides is 1. The van der Waals surface area contributed by atoms with E-state index in [1.165, 1.54) is 22.3 Å². The van der Waals surface area contributed by atoms with Crippen LogP contribution in [-0.2, 0) is 6.42 Å². The first-order valence-electron chi connectivity index (χ1n) is 10.7. The third-order valence-electron chi connectivity index (χ3n) is 5.93. The molecule has 8 heteroatoms. The maximum absolute atomic E-state index is 15.0. The van der Waals surface area contributed by atoms with Crippen LogP contribution in [0.5, 0.6) is 0 Å². The van der Waals surface area contributed by atoms with Crippen molar-refractivity contribution >= 4 is 33.3 Å². The Balaban J connectivity index is 1.77. The molecule has 0 spiro atoms. The summed E-state index contributed by atoms with van der Waals surface area (Å²) in [5.74, 6) is -0.758. The number of benzene rings is 2. The van der Waals surface area contributed by atoms with Gasteiger partial charge in [-0.3, -0.25) is 14.5 Å². The van der Waals surface area contributed by atoms with E-state index in [2.05, 4.69) is 24.0 Å². The van der Waals surface area contributed by atoms with E-state index in [4.69, 9.17) is 4.42 Å². The minimum atomic E-state index is -0.990. The van der Waals surface area contributed by atoms with Crippen LogP contribution in [0.25, 0.3) is 11.0 Å². The van der Waals surface area contributed by atoms with Gasteiger partial charge < -0.3 is 4.42 Å². The van der Waals surface area contributed by atoms with Crippen molar-refractivity contribution in [2.45, 2.75) is 40.2 Å². The minimum Gasteiger partial charge on any atom is -0.450 e. The molecule has 0 saturated carbocycles. The van der Waals surface area contributed by atoms with Crippen LogP contribution in [0, 0.1) is 25.6 Å². The molecule has 1 amide bonds. The SMILES string of the molecule is Cc1cc2oc3c(c(=O)c2cc1C)C(c1ccccc1F)N(c1nnc(CC(C)C)s1)C3=O. The lowest BCUT2D eigenvalue weighted by Crippen LogP contribution is -2.30. The lowest BCUT2D eigenvalue weighted by molar-refractivity contribution is 0.0970. The molecule has 1 unspecified atom stereocenters. The maximum atomic E-state index is 15.0. The molecule has 2 aromatic carbocycles. The number of carbonyl (C=O) groups is 1. The van der Waals surface area contributed by atoms with Gasteiger partial charge in [0, 0.05) is 12.0 Å². The van der Waals surface area contributed by atoms with E-state index in [1.807, 2.05) is 13.8 Å². The zero-order chi connectivity index (χ0) is 23.4. The van der Waals surface area contributed by atoms with Crippen LogP contribution in [0.4, 0.5) is 9.52 Å². The summed E-state index contributed by atoms with van der Waals surface area (Å²) < 4.78 is 21.0. The summed E-state index contributed by atoms with van der Waals surface area (Å²) in [6.45, 7) is 7.96. The molecular weight excluding hydrogens is 441 g/mol. The van der Waals surface area contributed by atoms with E-state index >= 15 is 0 Å². The second-order valence-corrected chi connectivity index (χ2v) is 9.82. The molecule has 1 atom stereocenters. The molecule has 6 nitrogen and oxygen atoms in total. The summed E-state index contributed by atoms with van der Waals surface area (Å²) >= 11 is 1.27. The monoisotopic (exact) mass is 463 g/mol. The van der Waals surface area contributed by atoms with Crippen LogP contribution in [0.2, 0.25) is 0 Å². The number of hydrogen-bond donors (Lipinski definition) is 0. The Morgan fingerprint density at radius 2 is 1.85 bits per heavy atom. The Morgan fingerprint density at radius 1 is 1.12 bits per heavy atom. The van der Waals surface area contributed by atoms with E-state index in [0.717, 1.165) is 16.1 Å². The number of carbonyl (C=O) groups excluding carboxylic acids is 1. The molecule has 4 aromatic rings. The van der Waals surface area contributed by atoms with Crippen molar-refractivity contribution in [3.8, 4) is 0 Å². The summed E-state index contributed by atoms with van der Waals surface area (Å²) in [6, 6.07) is 8.67. The van der Waals surface area contributed by atoms with Crippen molar-refractivity contribution in [3.63, 3.8) is 0 Å². The van der Waals surface area contributed by atoms with Gasteiger partial charge in [0.25, 0.3) is 5.91 Å². The van der Waals surface area contributed by atoms with Crippen LogP contribution in [0.1, 0.15) is 57.7 Å². The van der Waals surface area contributed by atoms with Crippen molar-refractivity contribution in [2.75, 3.05) is 4.90 Å². The van der Waals surface area contributed by atoms with Gasteiger partial charge in [0.05, 0.1) is 10.9 Å². The van der Waals surface area contributed by atoms with Crippen molar-refractivity contribution < 1.29 is 13.6 Å². The van der Waals surface area contributed by atoms with Crippen molar-refractivity contribution in [3.05, 3.63) is 85.5 Å². The predicted octanol–water partition coefficient (Wildman–Crippen LogP) is 5.35. The zero-order valence-corrected chi connectivity index (χ0v) is 19.5. The highest BCUT2D eigenvalue weighted by Crippen LogP contribution is 2.43. The largest absolute Gasteiger partial charge is 0.450 e. The maximum Gasteiger partial charge on any atom is 0.297 e. The first kappa shape index (κ1) is 21.5. The normalized spacial score (nSPS) is 15.6. The van der Waals surface area contributed by atoms with E-state index in [9.17, 15) is 14.0 Å². The summed E-state index contributed by atoms with van der Waals surface area (Å²) in [6.07, 6.45) is 0.705. The number of aryl methyl sites for hydroxylation is 2. The summed E-state index contributed by atoms with van der Waals surface area (Å²) in [5, 5.41) is 9.89. The highest BCUT2D eigenvalue weighted by molar-refractivity contribution is 7.15. The summed E-state index contributed by atoms with van der Waals surface area (Å²) in [7, 11) is 0. The van der Waals surface area contributed by atoms with Gasteiger partial charge in [0.1, 0.15) is 22.4 Å². The predicted molar refractivity (Wildman–Crippen MR) is 125 cm³/mol. The molecule has 0 bridgehead atoms. The van der Waals surface area contributed by atoms with Gasteiger partial charge in [-0.2, -0.15) is 0 Å². The second kappa shape index (κ2) is 7.88. The molecule has 1 aliphatic rings. The highest BCUT2D eigenvalue weighted by Gasteiger charge is 2.46. The molecule has 0 radical (unpaired) electrons. The fourth-order valence-electron chi connectivity index (χ4n) is 4.19. The molecular formula is C25H22FN3O3S. The van der Waals surface area contributed by atoms with Crippen LogP contribution in [0.15, 0.2) is 45.6 Å². The van der Waals surface area contributed by atoms with Gasteiger partial charge in [0.2, 0.25) is 10.9 Å². The number of anilines is 1. The number of aromatic nitrogens is 2. The van der Waals surface area contributed by atoms with Crippen molar-refractivity contribution in [2.24, 2.45) is 5.92 Å². The van der Waals surface area contributed by atoms with E-state index in [-0.39, 0.29) is 22.3 Å². The lowest BCUT2D eigenvalue weighted by Gasteiger charge is -2.22. The Morgan fingerprint density at radius 3 is 2.58 bits per heavy atom. The van der Waals surface area contributed by atoms with Crippen LogP contribution < -0.4 is 10.3 Å². The topological polar surface area (TPSA) is 76.3 Å². The number of nitrogens with zero attached hydrogens (tertiary/aromatic N) is 3. The molecule has 0 saturated heterocycles. The van der Waals surface area contributed by atoms with E-state index < -0.39 is 17.8 Å². The van der Waals surface area contributed by atoms with Gasteiger partial charge >= 0.3 is 0 Å². The first-order valence-corrected chi connectivity index (χ1v) is 11.6. The number of rotatable bonds is 4. The minimum absolute atomic E-state index is 0.0791. The van der Waals surface area contributed by atoms with Crippen molar-refractivity contribution in [1.82, 2.24) is 10.2 Å². The summed E-state index contributed by atoms with van der Waals surface area (Å²) in [5.41, 5.74) is 2.21. The van der Waals surface area contributed by atoms with Gasteiger partial charge in [-0.1, -0.05) is 43.4 Å². The fraction of sp³-hybridized carbons (Fsp3) is 0.280. The zero-order valence-electron chi connectivity index (χ0n) is 18.7. The van der Waals surface area contributed by atoms with E-state index in [1.54, 1.807) is 30.3 Å². The Hall–Kier alpha value is -3.39. The fourth-order valence-corrected chi connectivity index (χ4v) is 5.27. The molecule has 0 fully saturated rings. The van der Waals surface area contributed by atoms with E-state index in [0.29, 0.717) is 28.4 Å². The molecule has 5 rings (SSSR count). The first-order chi connectivity index (χ1) is 15.8. The molecule has 33 heavy (non-hydrogen) atoms. The quantitative estimate of drug-likeness (QED) is 0.408. The van der Waals surface area contributed by atoms with Gasteiger partial charge in [-0.25, -0.2) is 4.39 Å². The third-order valence-corrected chi connectivity index (χ3v) is 6.88. The van der Waals surface area contributed by atoms with Gasteiger partial charge in [0.15, 0.2) is 5.43 Å². The Kier molecular flexibility index (Phi) is 5.12. The van der Waals surface area contributed by atoms with Gasteiger partial charge in [-0.05, 0) is 49.1 Å². The van der Waals surface area contributed by atoms with Crippen LogP contribution >= 0.6 is 11.3 Å². The van der Waals surface area contributed by atoms with Crippen molar-refractivity contribution in [1.29, 1.82) is 0 Å². The standard InChI is InChI=1S/C25H22FN3O3S/c1-12(2)9-19-27-28-25(33-19)29-21(15-7-5-6-8-17(15)26)20-22(30)16-10-13(3)14(4)11-18(16)32-23(20)24(29)31/h5-8,10-12,21H,9H2,1-4H3. The molecule has 2 aromatic heterocycles. The molecule has 0 N–H and O–H groups in total. The highest BCUT2D eigenvalue weighted by atomic mass is 32.1. The third kappa shape index (κ3) is 3.45. The average Bonchev–Trinajstić information content (AvgIpc) is 3.32. The molecule has 3 heterocycles. The summed E-state index contributed by atoms with van der Waals surface area (Å²) in [4.78, 5) is 28.6. The number of halogens is 1. The number of fused-ring (bicyclic) bond motifs is 2. The smallest absolute Gasteiger partial charge is 0.297 e. The molecule has 168 valence electrons. The second-order valence-electron chi connectivity index (χ2n) is 8.78. The Bertz CT molecular complexity index is 1470. The molecule has 0 aliphatic carbocycles. The lowest BCUT2D eigenvalue weighted by atomic mass is 9.97. The van der Waals surface area contributed by atoms with Crippen LogP contribution in [0.3, 0.4) is 0 Å². The van der Waals surface area contributed by atoms with Crippen LogP contribution in [-0.4, -0.2) is 16.1 Å². The average molecular weight is 464 g/mol. The van der Waals surface area contributed by atoms with Gasteiger partial charge in [-0.15, -0.1) is 10.2 Å².